The zero-order chi connectivity index (χ0) is 11.9. The number of hydrogen-bond acceptors (Lipinski definition) is 1. The van der Waals surface area contributed by atoms with Crippen molar-refractivity contribution < 1.29 is 13.2 Å². The summed E-state index contributed by atoms with van der Waals surface area (Å²) in [4.78, 5) is 2.77. The molecule has 0 aliphatic rings. The van der Waals surface area contributed by atoms with Gasteiger partial charge < -0.3 is 10.7 Å². The maximum Gasteiger partial charge on any atom is 0.407 e. The Hall–Kier alpha value is -0.720. The van der Waals surface area contributed by atoms with Gasteiger partial charge in [-0.2, -0.15) is 13.2 Å². The second-order valence-corrected chi connectivity index (χ2v) is 4.37. The average Bonchev–Trinajstić information content (AvgIpc) is 2.57. The summed E-state index contributed by atoms with van der Waals surface area (Å²) in [5.74, 6) is 0. The molecule has 17 heavy (non-hydrogen) atoms. The minimum Gasteiger partial charge on any atom is -0.361 e. The number of nitrogens with one attached hydrogen (secondary N) is 1. The molecule has 7 heteroatoms. The largest absolute Gasteiger partial charge is 0.407 e. The van der Waals surface area contributed by atoms with E-state index in [1.165, 1.54) is 6.20 Å². The van der Waals surface area contributed by atoms with Gasteiger partial charge in [0.15, 0.2) is 0 Å². The molecule has 0 unspecified atom stereocenters. The highest BCUT2D eigenvalue weighted by molar-refractivity contribution is 9.10. The summed E-state index contributed by atoms with van der Waals surface area (Å²) in [6, 6.07) is 3.11. The summed E-state index contributed by atoms with van der Waals surface area (Å²) >= 11 is 3.21. The van der Waals surface area contributed by atoms with E-state index in [9.17, 15) is 13.2 Å². The molecule has 3 N–H and O–H groups in total. The number of fused-ring (bicyclic) bond motifs is 1. The molecule has 94 valence electrons. The van der Waals surface area contributed by atoms with Crippen LogP contribution in [0.15, 0.2) is 28.9 Å². The quantitative estimate of drug-likeness (QED) is 0.818. The Balaban J connectivity index is 0.00000144. The molecule has 1 heterocycles. The first-order chi connectivity index (χ1) is 7.39. The molecule has 1 aromatic carbocycles. The van der Waals surface area contributed by atoms with Gasteiger partial charge in [-0.15, -0.1) is 12.4 Å². The summed E-state index contributed by atoms with van der Waals surface area (Å²) in [5.41, 5.74) is 5.87. The molecule has 1 aromatic heterocycles. The monoisotopic (exact) mass is 328 g/mol. The van der Waals surface area contributed by atoms with E-state index in [1.807, 2.05) is 0 Å². The first kappa shape index (κ1) is 14.3. The van der Waals surface area contributed by atoms with Crippen LogP contribution >= 0.6 is 28.3 Å². The van der Waals surface area contributed by atoms with E-state index in [2.05, 4.69) is 20.9 Å². The van der Waals surface area contributed by atoms with Crippen molar-refractivity contribution in [3.63, 3.8) is 0 Å². The Labute approximate surface area is 110 Å². The van der Waals surface area contributed by atoms with Crippen molar-refractivity contribution in [1.29, 1.82) is 0 Å². The van der Waals surface area contributed by atoms with E-state index >= 15 is 0 Å². The van der Waals surface area contributed by atoms with Crippen molar-refractivity contribution in [2.45, 2.75) is 12.2 Å². The molecule has 0 bridgehead atoms. The van der Waals surface area contributed by atoms with Gasteiger partial charge in [0.2, 0.25) is 0 Å². The van der Waals surface area contributed by atoms with Crippen molar-refractivity contribution in [2.24, 2.45) is 5.73 Å². The number of H-pyrrole nitrogens is 1. The smallest absolute Gasteiger partial charge is 0.361 e. The van der Waals surface area contributed by atoms with Crippen molar-refractivity contribution in [3.8, 4) is 0 Å². The SMILES string of the molecule is Cl.N[C@H](c1c[nH]c2ccc(Br)cc12)C(F)(F)F. The summed E-state index contributed by atoms with van der Waals surface area (Å²) < 4.78 is 38.2. The van der Waals surface area contributed by atoms with E-state index in [1.54, 1.807) is 18.2 Å². The van der Waals surface area contributed by atoms with Crippen molar-refractivity contribution in [2.75, 3.05) is 0 Å². The Morgan fingerprint density at radius 2 is 1.94 bits per heavy atom. The first-order valence-corrected chi connectivity index (χ1v) is 5.27. The Kier molecular flexibility index (Phi) is 4.11. The second-order valence-electron chi connectivity index (χ2n) is 3.45. The molecular weight excluding hydrogens is 320 g/mol. The molecule has 0 radical (unpaired) electrons. The van der Waals surface area contributed by atoms with Crippen LogP contribution in [0.5, 0.6) is 0 Å². The van der Waals surface area contributed by atoms with Gasteiger partial charge in [0.1, 0.15) is 6.04 Å². The molecule has 0 aliphatic heterocycles. The van der Waals surface area contributed by atoms with Crippen molar-refractivity contribution in [3.05, 3.63) is 34.4 Å². The van der Waals surface area contributed by atoms with Gasteiger partial charge in [-0.3, -0.25) is 0 Å². The van der Waals surface area contributed by atoms with Gasteiger partial charge in [0, 0.05) is 27.1 Å². The lowest BCUT2D eigenvalue weighted by Gasteiger charge is -2.14. The molecular formula is C10H9BrClF3N2. The third kappa shape index (κ3) is 2.75. The zero-order valence-corrected chi connectivity index (χ0v) is 10.8. The van der Waals surface area contributed by atoms with Crippen LogP contribution in [0, 0.1) is 0 Å². The fourth-order valence-corrected chi connectivity index (χ4v) is 1.91. The lowest BCUT2D eigenvalue weighted by molar-refractivity contribution is -0.148. The van der Waals surface area contributed by atoms with Crippen LogP contribution in [0.4, 0.5) is 13.2 Å². The molecule has 2 rings (SSSR count). The molecule has 2 aromatic rings. The number of benzene rings is 1. The molecule has 0 saturated heterocycles. The minimum absolute atomic E-state index is 0. The fourth-order valence-electron chi connectivity index (χ4n) is 1.55. The Morgan fingerprint density at radius 1 is 1.29 bits per heavy atom. The van der Waals surface area contributed by atoms with Crippen LogP contribution in [0.2, 0.25) is 0 Å². The molecule has 0 aliphatic carbocycles. The van der Waals surface area contributed by atoms with E-state index in [0.717, 1.165) is 4.47 Å². The number of aromatic amines is 1. The van der Waals surface area contributed by atoms with Crippen LogP contribution in [0.1, 0.15) is 11.6 Å². The van der Waals surface area contributed by atoms with E-state index in [-0.39, 0.29) is 18.0 Å². The van der Waals surface area contributed by atoms with Gasteiger partial charge in [-0.1, -0.05) is 15.9 Å². The summed E-state index contributed by atoms with van der Waals surface area (Å²) in [6.45, 7) is 0. The van der Waals surface area contributed by atoms with Gasteiger partial charge in [0.05, 0.1) is 0 Å². The second kappa shape index (κ2) is 4.88. The van der Waals surface area contributed by atoms with Gasteiger partial charge in [-0.25, -0.2) is 0 Å². The normalized spacial score (nSPS) is 13.5. The average molecular weight is 330 g/mol. The number of hydrogen-bond donors (Lipinski definition) is 2. The minimum atomic E-state index is -4.43. The number of alkyl halides is 3. The van der Waals surface area contributed by atoms with Crippen molar-refractivity contribution in [1.82, 2.24) is 4.98 Å². The number of rotatable bonds is 1. The highest BCUT2D eigenvalue weighted by atomic mass is 79.9. The van der Waals surface area contributed by atoms with Crippen LogP contribution in [-0.4, -0.2) is 11.2 Å². The first-order valence-electron chi connectivity index (χ1n) is 4.48. The van der Waals surface area contributed by atoms with Crippen molar-refractivity contribution >= 4 is 39.2 Å². The molecule has 0 saturated carbocycles. The van der Waals surface area contributed by atoms with Crippen LogP contribution in [0.3, 0.4) is 0 Å². The van der Waals surface area contributed by atoms with Gasteiger partial charge in [0.25, 0.3) is 0 Å². The fraction of sp³-hybridized carbons (Fsp3) is 0.200. The highest BCUT2D eigenvalue weighted by Crippen LogP contribution is 2.35. The number of halogens is 5. The van der Waals surface area contributed by atoms with E-state index < -0.39 is 12.2 Å². The molecule has 1 atom stereocenters. The maximum atomic E-state index is 12.5. The Bertz CT molecular complexity index is 524. The molecule has 2 nitrogen and oxygen atoms in total. The summed E-state index contributed by atoms with van der Waals surface area (Å²) in [5, 5.41) is 0.485. The molecule has 0 amide bonds. The topological polar surface area (TPSA) is 41.8 Å². The summed E-state index contributed by atoms with van der Waals surface area (Å²) in [6.07, 6.45) is -3.13. The number of nitrogens with two attached hydrogens (primary N) is 1. The Morgan fingerprint density at radius 3 is 2.53 bits per heavy atom. The lowest BCUT2D eigenvalue weighted by Crippen LogP contribution is -2.28. The predicted molar refractivity (Wildman–Crippen MR) is 66.2 cm³/mol. The molecule has 0 fully saturated rings. The van der Waals surface area contributed by atoms with E-state index in [4.69, 9.17) is 5.73 Å². The molecule has 0 spiro atoms. The van der Waals surface area contributed by atoms with Gasteiger partial charge >= 0.3 is 6.18 Å². The lowest BCUT2D eigenvalue weighted by atomic mass is 10.1. The third-order valence-corrected chi connectivity index (χ3v) is 2.86. The van der Waals surface area contributed by atoms with Crippen LogP contribution in [0.25, 0.3) is 10.9 Å². The summed E-state index contributed by atoms with van der Waals surface area (Å²) in [7, 11) is 0. The van der Waals surface area contributed by atoms with Crippen LogP contribution < -0.4 is 5.73 Å². The standard InChI is InChI=1S/C10H8BrF3N2.ClH/c11-5-1-2-8-6(3-5)7(4-16-8)9(15)10(12,13)14;/h1-4,9,16H,15H2;1H/t9-;/m1./s1. The van der Waals surface area contributed by atoms with E-state index in [0.29, 0.717) is 10.9 Å². The third-order valence-electron chi connectivity index (χ3n) is 2.36. The number of aromatic nitrogens is 1. The highest BCUT2D eigenvalue weighted by Gasteiger charge is 2.39. The zero-order valence-electron chi connectivity index (χ0n) is 8.38. The van der Waals surface area contributed by atoms with Crippen LogP contribution in [-0.2, 0) is 0 Å². The van der Waals surface area contributed by atoms with Gasteiger partial charge in [-0.05, 0) is 18.2 Å². The maximum absolute atomic E-state index is 12.5. The predicted octanol–water partition coefficient (Wildman–Crippen LogP) is 3.91.